The number of hydrogen-bond acceptors (Lipinski definition) is 3. The molecule has 1 N–H and O–H groups in total. The molecule has 0 fully saturated rings. The lowest BCUT2D eigenvalue weighted by molar-refractivity contribution is 0.186. The van der Waals surface area contributed by atoms with Crippen LogP contribution in [0.2, 0.25) is 0 Å². The minimum absolute atomic E-state index is 0.381. The number of hydrogen-bond donors (Lipinski definition) is 1. The Morgan fingerprint density at radius 2 is 2.60 bits per heavy atom. The van der Waals surface area contributed by atoms with Crippen LogP contribution < -0.4 is 5.32 Å². The van der Waals surface area contributed by atoms with Gasteiger partial charge in [0.1, 0.15) is 0 Å². The van der Waals surface area contributed by atoms with Gasteiger partial charge in [0.25, 0.3) is 0 Å². The summed E-state index contributed by atoms with van der Waals surface area (Å²) in [6, 6.07) is 3.29. The largest absolute Gasteiger partial charge is 0.453 e. The molecule has 1 aromatic rings. The van der Waals surface area contributed by atoms with Gasteiger partial charge in [-0.25, -0.2) is 4.79 Å². The zero-order valence-electron chi connectivity index (χ0n) is 5.46. The molecule has 0 aromatic carbocycles. The Labute approximate surface area is 57.8 Å². The van der Waals surface area contributed by atoms with Gasteiger partial charge < -0.3 is 9.15 Å². The molecule has 0 atom stereocenters. The Morgan fingerprint density at radius 1 is 1.80 bits per heavy atom. The highest BCUT2D eigenvalue weighted by Crippen LogP contribution is 2.05. The Hall–Kier alpha value is -1.45. The van der Waals surface area contributed by atoms with Gasteiger partial charge in [-0.2, -0.15) is 0 Å². The fourth-order valence-corrected chi connectivity index (χ4v) is 0.501. The number of ether oxygens (including phenoxy) is 1. The van der Waals surface area contributed by atoms with E-state index in [0.717, 1.165) is 0 Å². The number of methoxy groups -OCH3 is 1. The summed E-state index contributed by atoms with van der Waals surface area (Å²) < 4.78 is 9.11. The topological polar surface area (TPSA) is 51.5 Å². The lowest BCUT2D eigenvalue weighted by Crippen LogP contribution is -2.09. The fourth-order valence-electron chi connectivity index (χ4n) is 0.501. The van der Waals surface area contributed by atoms with Crippen molar-refractivity contribution in [2.24, 2.45) is 0 Å². The summed E-state index contributed by atoms with van der Waals surface area (Å²) in [5.74, 6) is 0.381. The highest BCUT2D eigenvalue weighted by atomic mass is 16.5. The molecule has 1 aromatic heterocycles. The summed E-state index contributed by atoms with van der Waals surface area (Å²) in [6.45, 7) is 0. The number of carbonyl (C=O) groups is 1. The zero-order chi connectivity index (χ0) is 7.40. The molecule has 0 radical (unpaired) electrons. The molecular weight excluding hydrogens is 134 g/mol. The Morgan fingerprint density at radius 3 is 3.10 bits per heavy atom. The smallest absolute Gasteiger partial charge is 0.413 e. The van der Waals surface area contributed by atoms with Crippen molar-refractivity contribution in [2.75, 3.05) is 12.4 Å². The summed E-state index contributed by atoms with van der Waals surface area (Å²) in [7, 11) is 1.29. The van der Waals surface area contributed by atoms with E-state index in [2.05, 4.69) is 10.1 Å². The van der Waals surface area contributed by atoms with E-state index < -0.39 is 6.09 Å². The first-order valence-electron chi connectivity index (χ1n) is 2.71. The quantitative estimate of drug-likeness (QED) is 0.644. The van der Waals surface area contributed by atoms with Crippen LogP contribution in [0.4, 0.5) is 10.7 Å². The molecule has 4 heteroatoms. The summed E-state index contributed by atoms with van der Waals surface area (Å²) in [5.41, 5.74) is 0. The van der Waals surface area contributed by atoms with Gasteiger partial charge in [-0.3, -0.25) is 5.32 Å². The first-order valence-corrected chi connectivity index (χ1v) is 2.71. The molecule has 10 heavy (non-hydrogen) atoms. The molecule has 1 heterocycles. The van der Waals surface area contributed by atoms with Crippen LogP contribution in [0.25, 0.3) is 0 Å². The van der Waals surface area contributed by atoms with Crippen LogP contribution in [0.5, 0.6) is 0 Å². The van der Waals surface area contributed by atoms with Crippen molar-refractivity contribution in [3.8, 4) is 0 Å². The predicted octanol–water partition coefficient (Wildman–Crippen LogP) is 1.46. The third-order valence-electron chi connectivity index (χ3n) is 0.932. The van der Waals surface area contributed by atoms with Gasteiger partial charge in [0, 0.05) is 6.07 Å². The van der Waals surface area contributed by atoms with Gasteiger partial charge in [-0.15, -0.1) is 0 Å². The van der Waals surface area contributed by atoms with Gasteiger partial charge in [0.2, 0.25) is 5.88 Å². The average molecular weight is 141 g/mol. The normalized spacial score (nSPS) is 8.90. The maximum absolute atomic E-state index is 10.5. The molecule has 0 unspecified atom stereocenters. The molecular formula is C6H7NO3. The van der Waals surface area contributed by atoms with E-state index in [-0.39, 0.29) is 0 Å². The summed E-state index contributed by atoms with van der Waals surface area (Å²) in [5, 5.41) is 2.34. The number of amides is 1. The minimum atomic E-state index is -0.532. The molecule has 0 bridgehead atoms. The number of furan rings is 1. The number of nitrogens with one attached hydrogen (secondary N) is 1. The molecule has 4 nitrogen and oxygen atoms in total. The molecule has 0 spiro atoms. The van der Waals surface area contributed by atoms with Gasteiger partial charge in [-0.1, -0.05) is 0 Å². The molecule has 0 saturated heterocycles. The lowest BCUT2D eigenvalue weighted by atomic mass is 10.6. The van der Waals surface area contributed by atoms with Crippen molar-refractivity contribution in [3.63, 3.8) is 0 Å². The van der Waals surface area contributed by atoms with Crippen molar-refractivity contribution in [1.29, 1.82) is 0 Å². The molecule has 0 aliphatic rings. The van der Waals surface area contributed by atoms with Crippen LogP contribution in [0, 0.1) is 0 Å². The van der Waals surface area contributed by atoms with E-state index in [1.807, 2.05) is 0 Å². The van der Waals surface area contributed by atoms with Crippen molar-refractivity contribution >= 4 is 12.0 Å². The van der Waals surface area contributed by atoms with E-state index in [1.165, 1.54) is 13.4 Å². The average Bonchev–Trinajstić information content (AvgIpc) is 2.40. The summed E-state index contributed by atoms with van der Waals surface area (Å²) >= 11 is 0. The highest BCUT2D eigenvalue weighted by molar-refractivity contribution is 5.82. The standard InChI is InChI=1S/C6H7NO3/c1-9-6(8)7-5-3-2-4-10-5/h2-4H,1H3,(H,7,8). The maximum Gasteiger partial charge on any atom is 0.413 e. The van der Waals surface area contributed by atoms with E-state index >= 15 is 0 Å². The number of carbonyl (C=O) groups excluding carboxylic acids is 1. The van der Waals surface area contributed by atoms with Crippen LogP contribution >= 0.6 is 0 Å². The molecule has 1 rings (SSSR count). The molecule has 1 amide bonds. The second kappa shape index (κ2) is 2.91. The van der Waals surface area contributed by atoms with Crippen molar-refractivity contribution in [1.82, 2.24) is 0 Å². The Bertz CT molecular complexity index is 205. The molecule has 0 saturated carbocycles. The zero-order valence-corrected chi connectivity index (χ0v) is 5.46. The van der Waals surface area contributed by atoms with Gasteiger partial charge in [0.15, 0.2) is 0 Å². The molecule has 0 aliphatic carbocycles. The molecule has 54 valence electrons. The minimum Gasteiger partial charge on any atom is -0.453 e. The van der Waals surface area contributed by atoms with Crippen molar-refractivity contribution in [2.45, 2.75) is 0 Å². The lowest BCUT2D eigenvalue weighted by Gasteiger charge is -1.96. The Kier molecular flexibility index (Phi) is 1.94. The first-order chi connectivity index (χ1) is 4.83. The van der Waals surface area contributed by atoms with Crippen LogP contribution in [0.15, 0.2) is 22.8 Å². The third kappa shape index (κ3) is 1.51. The first kappa shape index (κ1) is 6.67. The summed E-state index contributed by atoms with van der Waals surface area (Å²) in [4.78, 5) is 10.5. The maximum atomic E-state index is 10.5. The van der Waals surface area contributed by atoms with Gasteiger partial charge in [0.05, 0.1) is 13.4 Å². The van der Waals surface area contributed by atoms with Crippen LogP contribution in [-0.4, -0.2) is 13.2 Å². The van der Waals surface area contributed by atoms with Crippen LogP contribution in [-0.2, 0) is 4.74 Å². The van der Waals surface area contributed by atoms with Crippen LogP contribution in [0.1, 0.15) is 0 Å². The summed E-state index contributed by atoms with van der Waals surface area (Å²) in [6.07, 6.45) is 0.931. The van der Waals surface area contributed by atoms with E-state index in [0.29, 0.717) is 5.88 Å². The number of anilines is 1. The molecule has 0 aliphatic heterocycles. The fraction of sp³-hybridized carbons (Fsp3) is 0.167. The Balaban J connectivity index is 2.48. The van der Waals surface area contributed by atoms with Crippen LogP contribution in [0.3, 0.4) is 0 Å². The SMILES string of the molecule is COC(=O)Nc1ccco1. The van der Waals surface area contributed by atoms with Crippen molar-refractivity contribution in [3.05, 3.63) is 18.4 Å². The van der Waals surface area contributed by atoms with E-state index in [9.17, 15) is 4.79 Å². The van der Waals surface area contributed by atoms with Crippen molar-refractivity contribution < 1.29 is 13.9 Å². The second-order valence-corrected chi connectivity index (χ2v) is 1.59. The van der Waals surface area contributed by atoms with E-state index in [1.54, 1.807) is 12.1 Å². The van der Waals surface area contributed by atoms with Gasteiger partial charge in [-0.05, 0) is 6.07 Å². The third-order valence-corrected chi connectivity index (χ3v) is 0.932. The number of rotatable bonds is 1. The second-order valence-electron chi connectivity index (χ2n) is 1.59. The van der Waals surface area contributed by atoms with E-state index in [4.69, 9.17) is 4.42 Å². The highest BCUT2D eigenvalue weighted by Gasteiger charge is 1.99. The predicted molar refractivity (Wildman–Crippen MR) is 34.7 cm³/mol. The monoisotopic (exact) mass is 141 g/mol. The van der Waals surface area contributed by atoms with Gasteiger partial charge >= 0.3 is 6.09 Å².